The van der Waals surface area contributed by atoms with Gasteiger partial charge in [-0.15, -0.1) is 0 Å². The molecular formula is C28H48O2. The molecule has 0 aliphatic carbocycles. The zero-order valence-electron chi connectivity index (χ0n) is 20.2. The van der Waals surface area contributed by atoms with E-state index in [1.807, 2.05) is 30.3 Å². The monoisotopic (exact) mass is 416 g/mol. The lowest BCUT2D eigenvalue weighted by Gasteiger charge is -2.17. The van der Waals surface area contributed by atoms with Crippen molar-refractivity contribution in [1.29, 1.82) is 0 Å². The molecule has 0 saturated heterocycles. The molecule has 0 saturated carbocycles. The normalized spacial score (nSPS) is 12.3. The Morgan fingerprint density at radius 2 is 1.20 bits per heavy atom. The maximum Gasteiger partial charge on any atom is 0.314 e. The van der Waals surface area contributed by atoms with E-state index in [9.17, 15) is 4.79 Å². The number of carbonyl (C=O) groups excluding carboxylic acids is 1. The molecule has 0 amide bonds. The van der Waals surface area contributed by atoms with E-state index in [0.29, 0.717) is 11.7 Å². The Morgan fingerprint density at radius 1 is 0.733 bits per heavy atom. The van der Waals surface area contributed by atoms with Gasteiger partial charge in [0.15, 0.2) is 0 Å². The van der Waals surface area contributed by atoms with Gasteiger partial charge in [0, 0.05) is 0 Å². The van der Waals surface area contributed by atoms with E-state index in [2.05, 4.69) is 20.8 Å². The average molecular weight is 417 g/mol. The number of carbonyl (C=O) groups is 1. The molecule has 1 aromatic rings. The second-order valence-corrected chi connectivity index (χ2v) is 9.45. The summed E-state index contributed by atoms with van der Waals surface area (Å²) in [7, 11) is 0. The third kappa shape index (κ3) is 14.6. The molecule has 0 heterocycles. The first-order chi connectivity index (χ1) is 14.6. The second kappa shape index (κ2) is 18.5. The van der Waals surface area contributed by atoms with Crippen LogP contribution in [-0.2, 0) is 4.79 Å². The van der Waals surface area contributed by atoms with Gasteiger partial charge in [-0.1, -0.05) is 129 Å². The highest BCUT2D eigenvalue weighted by molar-refractivity contribution is 5.75. The molecule has 30 heavy (non-hydrogen) atoms. The quantitative estimate of drug-likeness (QED) is 0.128. The van der Waals surface area contributed by atoms with Crippen molar-refractivity contribution in [2.45, 2.75) is 124 Å². The van der Waals surface area contributed by atoms with Crippen LogP contribution in [0.2, 0.25) is 0 Å². The number of benzene rings is 1. The van der Waals surface area contributed by atoms with E-state index in [1.54, 1.807) is 0 Å². The van der Waals surface area contributed by atoms with Gasteiger partial charge >= 0.3 is 5.97 Å². The van der Waals surface area contributed by atoms with Crippen LogP contribution in [0.25, 0.3) is 0 Å². The van der Waals surface area contributed by atoms with E-state index < -0.39 is 0 Å². The van der Waals surface area contributed by atoms with Crippen molar-refractivity contribution in [3.05, 3.63) is 30.3 Å². The van der Waals surface area contributed by atoms with Crippen LogP contribution in [0.3, 0.4) is 0 Å². The smallest absolute Gasteiger partial charge is 0.314 e. The minimum Gasteiger partial charge on any atom is -0.426 e. The first-order valence-corrected chi connectivity index (χ1v) is 12.9. The third-order valence-electron chi connectivity index (χ3n) is 5.96. The van der Waals surface area contributed by atoms with Gasteiger partial charge in [0.25, 0.3) is 0 Å². The predicted octanol–water partition coefficient (Wildman–Crippen LogP) is 9.13. The maximum atomic E-state index is 12.6. The fourth-order valence-electron chi connectivity index (χ4n) is 4.17. The number of hydrogen-bond acceptors (Lipinski definition) is 2. The average Bonchev–Trinajstić information content (AvgIpc) is 2.73. The molecule has 1 rings (SSSR count). The number of rotatable bonds is 19. The van der Waals surface area contributed by atoms with Crippen LogP contribution >= 0.6 is 0 Å². The SMILES string of the molecule is CCCCCCCCCCCCCCCCC(CC(C)C)C(=O)Oc1ccccc1. The van der Waals surface area contributed by atoms with Crippen LogP contribution in [0.5, 0.6) is 5.75 Å². The molecule has 0 fully saturated rings. The zero-order chi connectivity index (χ0) is 21.9. The van der Waals surface area contributed by atoms with Crippen LogP contribution in [0, 0.1) is 11.8 Å². The summed E-state index contributed by atoms with van der Waals surface area (Å²) in [4.78, 5) is 12.6. The molecule has 2 heteroatoms. The summed E-state index contributed by atoms with van der Waals surface area (Å²) in [6.07, 6.45) is 21.0. The highest BCUT2D eigenvalue weighted by atomic mass is 16.5. The molecule has 0 bridgehead atoms. The summed E-state index contributed by atoms with van der Waals surface area (Å²) in [5, 5.41) is 0. The molecule has 0 N–H and O–H groups in total. The first kappa shape index (κ1) is 26.7. The zero-order valence-corrected chi connectivity index (χ0v) is 20.2. The number of esters is 1. The lowest BCUT2D eigenvalue weighted by molar-refractivity contribution is -0.139. The number of ether oxygens (including phenoxy) is 1. The molecule has 0 aromatic heterocycles. The molecule has 0 aliphatic rings. The van der Waals surface area contributed by atoms with Gasteiger partial charge < -0.3 is 4.74 Å². The molecule has 172 valence electrons. The van der Waals surface area contributed by atoms with E-state index in [-0.39, 0.29) is 11.9 Å². The van der Waals surface area contributed by atoms with Crippen LogP contribution in [0.4, 0.5) is 0 Å². The molecule has 0 aliphatic heterocycles. The number of unbranched alkanes of at least 4 members (excludes halogenated alkanes) is 13. The van der Waals surface area contributed by atoms with Gasteiger partial charge in [0.1, 0.15) is 5.75 Å². The second-order valence-electron chi connectivity index (χ2n) is 9.45. The molecule has 0 radical (unpaired) electrons. The van der Waals surface area contributed by atoms with Crippen molar-refractivity contribution in [2.75, 3.05) is 0 Å². The summed E-state index contributed by atoms with van der Waals surface area (Å²) in [5.41, 5.74) is 0. The lowest BCUT2D eigenvalue weighted by Crippen LogP contribution is -2.22. The number of hydrogen-bond donors (Lipinski definition) is 0. The summed E-state index contributed by atoms with van der Waals surface area (Å²) in [6, 6.07) is 9.48. The summed E-state index contributed by atoms with van der Waals surface area (Å²) in [6.45, 7) is 6.66. The van der Waals surface area contributed by atoms with Gasteiger partial charge in [0.2, 0.25) is 0 Å². The van der Waals surface area contributed by atoms with Crippen molar-refractivity contribution < 1.29 is 9.53 Å². The highest BCUT2D eigenvalue weighted by Gasteiger charge is 2.21. The van der Waals surface area contributed by atoms with Crippen molar-refractivity contribution in [3.8, 4) is 5.75 Å². The van der Waals surface area contributed by atoms with Crippen LogP contribution < -0.4 is 4.74 Å². The van der Waals surface area contributed by atoms with E-state index >= 15 is 0 Å². The minimum atomic E-state index is -0.0513. The van der Waals surface area contributed by atoms with Crippen LogP contribution in [0.15, 0.2) is 30.3 Å². The van der Waals surface area contributed by atoms with Crippen molar-refractivity contribution in [2.24, 2.45) is 11.8 Å². The fraction of sp³-hybridized carbons (Fsp3) is 0.750. The largest absolute Gasteiger partial charge is 0.426 e. The van der Waals surface area contributed by atoms with Crippen molar-refractivity contribution in [1.82, 2.24) is 0 Å². The Kier molecular flexibility index (Phi) is 16.4. The Bertz CT molecular complexity index is 509. The predicted molar refractivity (Wildman–Crippen MR) is 130 cm³/mol. The minimum absolute atomic E-state index is 0.0301. The van der Waals surface area contributed by atoms with E-state index in [1.165, 1.54) is 83.5 Å². The standard InChI is InChI=1S/C28H48O2/c1-4-5-6-7-8-9-10-11-12-13-14-15-16-18-21-26(24-25(2)3)28(29)30-27-22-19-17-20-23-27/h17,19-20,22-23,25-26H,4-16,18,21,24H2,1-3H3. The molecule has 1 aromatic carbocycles. The Hall–Kier alpha value is -1.31. The summed E-state index contributed by atoms with van der Waals surface area (Å²) < 4.78 is 5.61. The lowest BCUT2D eigenvalue weighted by atomic mass is 9.91. The number of para-hydroxylation sites is 1. The van der Waals surface area contributed by atoms with Gasteiger partial charge in [-0.2, -0.15) is 0 Å². The van der Waals surface area contributed by atoms with Crippen LogP contribution in [0.1, 0.15) is 124 Å². The third-order valence-corrected chi connectivity index (χ3v) is 5.96. The van der Waals surface area contributed by atoms with Gasteiger partial charge in [-0.25, -0.2) is 0 Å². The Labute approximate surface area is 187 Å². The van der Waals surface area contributed by atoms with Gasteiger partial charge in [0.05, 0.1) is 5.92 Å². The molecule has 0 spiro atoms. The topological polar surface area (TPSA) is 26.3 Å². The maximum absolute atomic E-state index is 12.6. The van der Waals surface area contributed by atoms with Crippen LogP contribution in [-0.4, -0.2) is 5.97 Å². The van der Waals surface area contributed by atoms with E-state index in [0.717, 1.165) is 19.3 Å². The molecular weight excluding hydrogens is 368 g/mol. The van der Waals surface area contributed by atoms with E-state index in [4.69, 9.17) is 4.74 Å². The molecule has 2 nitrogen and oxygen atoms in total. The molecule has 1 atom stereocenters. The summed E-state index contributed by atoms with van der Waals surface area (Å²) >= 11 is 0. The Balaban J connectivity index is 2.05. The Morgan fingerprint density at radius 3 is 1.67 bits per heavy atom. The van der Waals surface area contributed by atoms with Crippen molar-refractivity contribution >= 4 is 5.97 Å². The highest BCUT2D eigenvalue weighted by Crippen LogP contribution is 2.22. The summed E-state index contributed by atoms with van der Waals surface area (Å²) in [5.74, 6) is 1.16. The molecule has 1 unspecified atom stereocenters. The van der Waals surface area contributed by atoms with Gasteiger partial charge in [-0.05, 0) is 30.9 Å². The van der Waals surface area contributed by atoms with Crippen molar-refractivity contribution in [3.63, 3.8) is 0 Å². The van der Waals surface area contributed by atoms with Gasteiger partial charge in [-0.3, -0.25) is 4.79 Å². The first-order valence-electron chi connectivity index (χ1n) is 12.9. The fourth-order valence-corrected chi connectivity index (χ4v) is 4.17.